The van der Waals surface area contributed by atoms with Gasteiger partial charge in [-0.25, -0.2) is 4.98 Å². The van der Waals surface area contributed by atoms with E-state index in [0.29, 0.717) is 17.1 Å². The lowest BCUT2D eigenvalue weighted by Crippen LogP contribution is -2.14. The van der Waals surface area contributed by atoms with Crippen molar-refractivity contribution in [2.24, 2.45) is 0 Å². The van der Waals surface area contributed by atoms with Crippen LogP contribution in [0.3, 0.4) is 0 Å². The summed E-state index contributed by atoms with van der Waals surface area (Å²) in [4.78, 5) is 17.1. The third kappa shape index (κ3) is 3.83. The summed E-state index contributed by atoms with van der Waals surface area (Å²) in [7, 11) is 0. The largest absolute Gasteiger partial charge is 0.270 e. The minimum atomic E-state index is -0.0909. The Balaban J connectivity index is 1.55. The summed E-state index contributed by atoms with van der Waals surface area (Å²) in [6.07, 6.45) is 1.73. The zero-order valence-electron chi connectivity index (χ0n) is 17.8. The number of aryl methyl sites for hydroxylation is 2. The minimum absolute atomic E-state index is 0.0909. The van der Waals surface area contributed by atoms with Crippen LogP contribution in [0.15, 0.2) is 88.9 Å². The Bertz CT molecular complexity index is 1470. The second kappa shape index (κ2) is 8.43. The lowest BCUT2D eigenvalue weighted by molar-refractivity contribution is 0.883. The second-order valence-electron chi connectivity index (χ2n) is 7.58. The van der Waals surface area contributed by atoms with Gasteiger partial charge in [-0.3, -0.25) is 13.8 Å². The van der Waals surface area contributed by atoms with Gasteiger partial charge in [0.2, 0.25) is 0 Å². The lowest BCUT2D eigenvalue weighted by Gasteiger charge is -2.12. The summed E-state index contributed by atoms with van der Waals surface area (Å²) >= 11 is 1.52. The smallest absolute Gasteiger partial charge is 0.258 e. The summed E-state index contributed by atoms with van der Waals surface area (Å²) in [5, 5.41) is 9.74. The number of nitrogens with zero attached hydrogens (tertiary/aromatic N) is 5. The molecule has 2 aromatic carbocycles. The van der Waals surface area contributed by atoms with Crippen LogP contribution in [0, 0.1) is 13.8 Å². The van der Waals surface area contributed by atoms with Crippen LogP contribution in [0.25, 0.3) is 22.7 Å². The quantitative estimate of drug-likeness (QED) is 0.366. The third-order valence-corrected chi connectivity index (χ3v) is 6.35. The van der Waals surface area contributed by atoms with E-state index in [9.17, 15) is 4.79 Å². The van der Waals surface area contributed by atoms with E-state index in [1.807, 2.05) is 48.5 Å². The van der Waals surface area contributed by atoms with Crippen LogP contribution in [0.5, 0.6) is 0 Å². The highest BCUT2D eigenvalue weighted by molar-refractivity contribution is 7.98. The first kappa shape index (κ1) is 20.2. The summed E-state index contributed by atoms with van der Waals surface area (Å²) in [6.45, 7) is 4.20. The Morgan fingerprint density at radius 2 is 1.69 bits per heavy atom. The highest BCUT2D eigenvalue weighted by Gasteiger charge is 2.17. The highest BCUT2D eigenvalue weighted by Crippen LogP contribution is 2.30. The van der Waals surface area contributed by atoms with Crippen LogP contribution in [-0.2, 0) is 5.75 Å². The molecule has 0 bridgehead atoms. The van der Waals surface area contributed by atoms with E-state index in [0.717, 1.165) is 22.2 Å². The van der Waals surface area contributed by atoms with Crippen molar-refractivity contribution in [3.8, 4) is 17.1 Å². The Hall–Kier alpha value is -3.71. The Morgan fingerprint density at radius 1 is 0.875 bits per heavy atom. The van der Waals surface area contributed by atoms with Gasteiger partial charge in [-0.1, -0.05) is 54.2 Å². The molecular weight excluding hydrogens is 418 g/mol. The van der Waals surface area contributed by atoms with Crippen molar-refractivity contribution in [2.75, 3.05) is 0 Å². The van der Waals surface area contributed by atoms with Crippen LogP contribution < -0.4 is 5.56 Å². The van der Waals surface area contributed by atoms with Crippen molar-refractivity contribution in [1.29, 1.82) is 0 Å². The van der Waals surface area contributed by atoms with Gasteiger partial charge < -0.3 is 0 Å². The van der Waals surface area contributed by atoms with Gasteiger partial charge in [-0.15, -0.1) is 10.2 Å². The zero-order chi connectivity index (χ0) is 22.1. The van der Waals surface area contributed by atoms with E-state index in [-0.39, 0.29) is 5.56 Å². The average Bonchev–Trinajstić information content (AvgIpc) is 3.24. The molecule has 0 spiro atoms. The number of aromatic nitrogens is 5. The van der Waals surface area contributed by atoms with Crippen molar-refractivity contribution < 1.29 is 0 Å². The molecule has 0 aliphatic rings. The van der Waals surface area contributed by atoms with Crippen LogP contribution in [0.4, 0.5) is 0 Å². The normalized spacial score (nSPS) is 11.2. The van der Waals surface area contributed by atoms with Crippen LogP contribution in [-0.4, -0.2) is 24.1 Å². The first-order valence-electron chi connectivity index (χ1n) is 10.3. The molecule has 6 nitrogen and oxygen atoms in total. The van der Waals surface area contributed by atoms with Gasteiger partial charge in [0.1, 0.15) is 5.65 Å². The zero-order valence-corrected chi connectivity index (χ0v) is 18.6. The maximum atomic E-state index is 12.4. The number of hydrogen-bond donors (Lipinski definition) is 0. The summed E-state index contributed by atoms with van der Waals surface area (Å²) in [5.41, 5.74) is 5.69. The molecule has 0 N–H and O–H groups in total. The summed E-state index contributed by atoms with van der Waals surface area (Å²) in [5.74, 6) is 1.29. The molecule has 0 aliphatic heterocycles. The molecule has 3 heterocycles. The summed E-state index contributed by atoms with van der Waals surface area (Å²) < 4.78 is 3.61. The van der Waals surface area contributed by atoms with E-state index in [4.69, 9.17) is 0 Å². The molecule has 0 saturated carbocycles. The molecule has 0 unspecified atom stereocenters. The fourth-order valence-electron chi connectivity index (χ4n) is 3.55. The molecule has 0 aliphatic carbocycles. The van der Waals surface area contributed by atoms with E-state index in [1.54, 1.807) is 16.7 Å². The molecule has 7 heteroatoms. The Morgan fingerprint density at radius 3 is 2.50 bits per heavy atom. The Labute approximate surface area is 189 Å². The van der Waals surface area contributed by atoms with Crippen molar-refractivity contribution in [3.05, 3.63) is 106 Å². The third-order valence-electron chi connectivity index (χ3n) is 5.39. The van der Waals surface area contributed by atoms with Gasteiger partial charge >= 0.3 is 0 Å². The van der Waals surface area contributed by atoms with Gasteiger partial charge in [0.15, 0.2) is 11.0 Å². The van der Waals surface area contributed by atoms with Crippen LogP contribution in [0.2, 0.25) is 0 Å². The van der Waals surface area contributed by atoms with Gasteiger partial charge in [-0.2, -0.15) is 0 Å². The number of benzene rings is 2. The molecule has 0 amide bonds. The highest BCUT2D eigenvalue weighted by atomic mass is 32.2. The number of fused-ring (bicyclic) bond motifs is 1. The standard InChI is InChI=1S/C25H21N5OS/c1-17-11-12-21(14-18(17)2)30-24(19-8-4-3-5-9-19)27-28-25(30)32-16-20-15-23(31)29-13-7-6-10-22(29)26-20/h3-15H,16H2,1-2H3. The molecule has 0 atom stereocenters. The lowest BCUT2D eigenvalue weighted by atomic mass is 10.1. The fourth-order valence-corrected chi connectivity index (χ4v) is 4.39. The summed E-state index contributed by atoms with van der Waals surface area (Å²) in [6, 6.07) is 23.5. The molecule has 0 radical (unpaired) electrons. The average molecular weight is 440 g/mol. The number of pyridine rings is 1. The van der Waals surface area contributed by atoms with Crippen LogP contribution >= 0.6 is 11.8 Å². The Kier molecular flexibility index (Phi) is 5.33. The van der Waals surface area contributed by atoms with E-state index in [2.05, 4.69) is 51.8 Å². The molecule has 158 valence electrons. The van der Waals surface area contributed by atoms with Gasteiger partial charge in [0.05, 0.1) is 11.4 Å². The molecule has 3 aromatic heterocycles. The second-order valence-corrected chi connectivity index (χ2v) is 8.52. The van der Waals surface area contributed by atoms with Crippen molar-refractivity contribution >= 4 is 17.4 Å². The molecule has 32 heavy (non-hydrogen) atoms. The maximum absolute atomic E-state index is 12.4. The first-order chi connectivity index (χ1) is 15.6. The van der Waals surface area contributed by atoms with Crippen molar-refractivity contribution in [1.82, 2.24) is 24.1 Å². The first-order valence-corrected chi connectivity index (χ1v) is 11.3. The molecule has 5 rings (SSSR count). The fraction of sp³-hybridized carbons (Fsp3) is 0.120. The number of thioether (sulfide) groups is 1. The van der Waals surface area contributed by atoms with E-state index >= 15 is 0 Å². The molecule has 5 aromatic rings. The molecule has 0 fully saturated rings. The number of hydrogen-bond acceptors (Lipinski definition) is 5. The monoisotopic (exact) mass is 439 g/mol. The topological polar surface area (TPSA) is 65.1 Å². The SMILES string of the molecule is Cc1ccc(-n2c(SCc3cc(=O)n4ccccc4n3)nnc2-c2ccccc2)cc1C. The number of rotatable bonds is 5. The molecular formula is C25H21N5OS. The molecule has 0 saturated heterocycles. The van der Waals surface area contributed by atoms with Gasteiger partial charge in [-0.05, 0) is 49.2 Å². The minimum Gasteiger partial charge on any atom is -0.270 e. The van der Waals surface area contributed by atoms with E-state index < -0.39 is 0 Å². The van der Waals surface area contributed by atoms with Crippen molar-refractivity contribution in [3.63, 3.8) is 0 Å². The van der Waals surface area contributed by atoms with Gasteiger partial charge in [0, 0.05) is 23.6 Å². The van der Waals surface area contributed by atoms with Crippen LogP contribution in [0.1, 0.15) is 16.8 Å². The van der Waals surface area contributed by atoms with E-state index in [1.165, 1.54) is 22.9 Å². The maximum Gasteiger partial charge on any atom is 0.258 e. The van der Waals surface area contributed by atoms with Gasteiger partial charge in [0.25, 0.3) is 5.56 Å². The van der Waals surface area contributed by atoms with Crippen molar-refractivity contribution in [2.45, 2.75) is 24.8 Å². The predicted molar refractivity (Wildman–Crippen MR) is 127 cm³/mol. The predicted octanol–water partition coefficient (Wildman–Crippen LogP) is 4.85.